The van der Waals surface area contributed by atoms with Crippen LogP contribution in [0, 0.1) is 5.92 Å². The minimum atomic E-state index is -0.862. The van der Waals surface area contributed by atoms with Gasteiger partial charge >= 0.3 is 17.9 Å². The van der Waals surface area contributed by atoms with Gasteiger partial charge < -0.3 is 23.7 Å². The highest BCUT2D eigenvalue weighted by molar-refractivity contribution is 5.96. The van der Waals surface area contributed by atoms with Crippen LogP contribution in [-0.2, 0) is 38.1 Å². The van der Waals surface area contributed by atoms with Crippen molar-refractivity contribution in [3.63, 3.8) is 0 Å². The van der Waals surface area contributed by atoms with Gasteiger partial charge in [-0.3, -0.25) is 4.79 Å². The van der Waals surface area contributed by atoms with Crippen molar-refractivity contribution in [1.82, 2.24) is 0 Å². The summed E-state index contributed by atoms with van der Waals surface area (Å²) < 4.78 is 28.4. The first-order valence-electron chi connectivity index (χ1n) is 9.94. The molecule has 3 heterocycles. The summed E-state index contributed by atoms with van der Waals surface area (Å²) in [7, 11) is 1.59. The highest BCUT2D eigenvalue weighted by Crippen LogP contribution is 2.49. The molecule has 3 aliphatic heterocycles. The molecule has 0 spiro atoms. The monoisotopic (exact) mass is 420 g/mol. The highest BCUT2D eigenvalue weighted by Gasteiger charge is 2.53. The molecule has 3 aliphatic rings. The van der Waals surface area contributed by atoms with Crippen LogP contribution in [0.15, 0.2) is 35.1 Å². The second-order valence-corrected chi connectivity index (χ2v) is 8.31. The molecule has 0 aromatic heterocycles. The van der Waals surface area contributed by atoms with Crippen molar-refractivity contribution >= 4 is 17.9 Å². The Morgan fingerprint density at radius 2 is 2.00 bits per heavy atom. The Bertz CT molecular complexity index is 853. The van der Waals surface area contributed by atoms with Crippen molar-refractivity contribution in [3.8, 4) is 0 Å². The molecule has 2 bridgehead atoms. The van der Waals surface area contributed by atoms with Gasteiger partial charge in [-0.15, -0.1) is 0 Å². The topological polar surface area (TPSA) is 97.4 Å². The van der Waals surface area contributed by atoms with Crippen molar-refractivity contribution in [2.45, 2.75) is 64.4 Å². The first-order chi connectivity index (χ1) is 14.0. The van der Waals surface area contributed by atoms with Crippen LogP contribution in [-0.4, -0.2) is 49.1 Å². The van der Waals surface area contributed by atoms with E-state index in [4.69, 9.17) is 23.7 Å². The summed E-state index contributed by atoms with van der Waals surface area (Å²) in [6.07, 6.45) is 2.51. The number of hydrogen-bond donors (Lipinski definition) is 0. The molecule has 164 valence electrons. The maximum Gasteiger partial charge on any atom is 0.343 e. The number of methoxy groups -OCH3 is 1. The molecule has 0 N–H and O–H groups in total. The summed E-state index contributed by atoms with van der Waals surface area (Å²) in [6, 6.07) is 0. The Labute approximate surface area is 175 Å². The molecule has 0 saturated carbocycles. The lowest BCUT2D eigenvalue weighted by Gasteiger charge is -2.36. The van der Waals surface area contributed by atoms with E-state index in [0.29, 0.717) is 24.8 Å². The second kappa shape index (κ2) is 8.00. The molecule has 1 saturated heterocycles. The number of esters is 3. The van der Waals surface area contributed by atoms with E-state index in [1.165, 1.54) is 6.92 Å². The van der Waals surface area contributed by atoms with Crippen LogP contribution >= 0.6 is 0 Å². The third-order valence-electron chi connectivity index (χ3n) is 5.86. The Balaban J connectivity index is 2.13. The quantitative estimate of drug-likeness (QED) is 0.380. The van der Waals surface area contributed by atoms with E-state index < -0.39 is 35.4 Å². The first kappa shape index (κ1) is 22.2. The zero-order valence-electron chi connectivity index (χ0n) is 18.0. The van der Waals surface area contributed by atoms with Gasteiger partial charge in [-0.05, 0) is 32.8 Å². The summed E-state index contributed by atoms with van der Waals surface area (Å²) in [4.78, 5) is 36.3. The van der Waals surface area contributed by atoms with Gasteiger partial charge in [0, 0.05) is 37.5 Å². The lowest BCUT2D eigenvalue weighted by Crippen LogP contribution is -2.42. The average Bonchev–Trinajstić information content (AvgIpc) is 3.16. The van der Waals surface area contributed by atoms with Crippen LogP contribution in [0.2, 0.25) is 0 Å². The van der Waals surface area contributed by atoms with Gasteiger partial charge in [0.25, 0.3) is 0 Å². The molecule has 4 atom stereocenters. The molecule has 30 heavy (non-hydrogen) atoms. The molecule has 8 nitrogen and oxygen atoms in total. The fourth-order valence-corrected chi connectivity index (χ4v) is 4.19. The predicted molar refractivity (Wildman–Crippen MR) is 105 cm³/mol. The molecule has 8 heteroatoms. The zero-order valence-corrected chi connectivity index (χ0v) is 18.0. The lowest BCUT2D eigenvalue weighted by atomic mass is 9.85. The van der Waals surface area contributed by atoms with Gasteiger partial charge in [0.15, 0.2) is 5.79 Å². The van der Waals surface area contributed by atoms with Gasteiger partial charge in [0.1, 0.15) is 18.5 Å². The van der Waals surface area contributed by atoms with Crippen LogP contribution in [0.25, 0.3) is 0 Å². The summed E-state index contributed by atoms with van der Waals surface area (Å²) in [5, 5.41) is 0. The van der Waals surface area contributed by atoms with Crippen LogP contribution in [0.3, 0.4) is 0 Å². The largest absolute Gasteiger partial charge is 0.461 e. The van der Waals surface area contributed by atoms with Gasteiger partial charge in [0.2, 0.25) is 0 Å². The number of rotatable bonds is 5. The van der Waals surface area contributed by atoms with E-state index in [1.807, 2.05) is 13.8 Å². The fraction of sp³-hybridized carbons (Fsp3) is 0.591. The van der Waals surface area contributed by atoms with Crippen LogP contribution in [0.1, 0.15) is 47.0 Å². The molecule has 2 unspecified atom stereocenters. The van der Waals surface area contributed by atoms with E-state index >= 15 is 0 Å². The van der Waals surface area contributed by atoms with Gasteiger partial charge in [-0.1, -0.05) is 13.5 Å². The predicted octanol–water partition coefficient (Wildman–Crippen LogP) is 2.73. The van der Waals surface area contributed by atoms with Crippen LogP contribution < -0.4 is 0 Å². The minimum absolute atomic E-state index is 0.149. The van der Waals surface area contributed by atoms with Crippen molar-refractivity contribution in [2.75, 3.05) is 13.7 Å². The molecular weight excluding hydrogens is 392 g/mol. The molecule has 1 fully saturated rings. The Kier molecular flexibility index (Phi) is 5.93. The molecule has 0 amide bonds. The van der Waals surface area contributed by atoms with Crippen molar-refractivity contribution in [1.29, 1.82) is 0 Å². The first-order valence-corrected chi connectivity index (χ1v) is 9.94. The number of carbonyl (C=O) groups is 3. The smallest absolute Gasteiger partial charge is 0.343 e. The van der Waals surface area contributed by atoms with E-state index in [9.17, 15) is 14.4 Å². The molecular formula is C22H28O8. The van der Waals surface area contributed by atoms with E-state index in [0.717, 1.165) is 0 Å². The van der Waals surface area contributed by atoms with E-state index in [2.05, 4.69) is 6.58 Å². The Morgan fingerprint density at radius 3 is 2.60 bits per heavy atom. The van der Waals surface area contributed by atoms with Crippen molar-refractivity contribution in [3.05, 3.63) is 35.1 Å². The number of fused-ring (bicyclic) bond motifs is 3. The number of hydrogen-bond acceptors (Lipinski definition) is 8. The summed E-state index contributed by atoms with van der Waals surface area (Å²) in [5.41, 5.74) is 0.0314. The average molecular weight is 420 g/mol. The maximum absolute atomic E-state index is 12.6. The summed E-state index contributed by atoms with van der Waals surface area (Å²) in [5.74, 6) is -2.55. The Hall–Kier alpha value is -2.45. The van der Waals surface area contributed by atoms with Gasteiger partial charge in [-0.2, -0.15) is 0 Å². The Morgan fingerprint density at radius 1 is 1.30 bits per heavy atom. The normalized spacial score (nSPS) is 34.7. The highest BCUT2D eigenvalue weighted by atomic mass is 16.7. The number of ether oxygens (including phenoxy) is 5. The third kappa shape index (κ3) is 4.06. The molecule has 3 rings (SSSR count). The minimum Gasteiger partial charge on any atom is -0.461 e. The van der Waals surface area contributed by atoms with Crippen molar-refractivity contribution in [2.24, 2.45) is 5.92 Å². The summed E-state index contributed by atoms with van der Waals surface area (Å²) >= 11 is 0. The maximum atomic E-state index is 12.6. The molecule has 0 aromatic rings. The summed E-state index contributed by atoms with van der Waals surface area (Å²) in [6.45, 7) is 10.0. The second-order valence-electron chi connectivity index (χ2n) is 8.31. The van der Waals surface area contributed by atoms with E-state index in [-0.39, 0.29) is 29.4 Å². The van der Waals surface area contributed by atoms with Crippen LogP contribution in [0.4, 0.5) is 0 Å². The van der Waals surface area contributed by atoms with Crippen molar-refractivity contribution < 1.29 is 38.1 Å². The lowest BCUT2D eigenvalue weighted by molar-refractivity contribution is -0.255. The molecule has 0 aromatic carbocycles. The number of carbonyl (C=O) groups excluding carboxylic acids is 3. The third-order valence-corrected chi connectivity index (χ3v) is 5.86. The molecule has 0 aliphatic carbocycles. The fourth-order valence-electron chi connectivity index (χ4n) is 4.19. The SMILES string of the molecule is C=C(C)C(=O)OC1CC(C)[C@]2(OC)CC[C@](C)(/C=C3/OC(=O)C(COC(C)=O)=C31)O2. The standard InChI is InChI=1S/C22H28O8/c1-12(2)19(24)28-16-9-13(3)22(26-6)8-7-21(5,30-22)10-17-18(16)15(20(25)29-17)11-27-14(4)23/h10,13,16H,1,7-9,11H2,2-6H3/b17-10+/t13?,16?,21-,22+/m1/s1. The van der Waals surface area contributed by atoms with Gasteiger partial charge in [0.05, 0.1) is 11.2 Å². The zero-order chi connectivity index (χ0) is 22.3. The van der Waals surface area contributed by atoms with Gasteiger partial charge in [-0.25, -0.2) is 9.59 Å². The van der Waals surface area contributed by atoms with E-state index in [1.54, 1.807) is 20.1 Å². The van der Waals surface area contributed by atoms with Crippen LogP contribution in [0.5, 0.6) is 0 Å². The molecule has 0 radical (unpaired) electrons.